The molecule has 0 spiro atoms. The average molecular weight is 407 g/mol. The monoisotopic (exact) mass is 406 g/mol. The first-order chi connectivity index (χ1) is 14.6. The van der Waals surface area contributed by atoms with Crippen LogP contribution in [0.4, 0.5) is 0 Å². The Labute approximate surface area is 180 Å². The number of fused-ring (bicyclic) bond motifs is 2. The van der Waals surface area contributed by atoms with Crippen LogP contribution in [0.2, 0.25) is 0 Å². The van der Waals surface area contributed by atoms with Gasteiger partial charge in [-0.1, -0.05) is 48.5 Å². The van der Waals surface area contributed by atoms with Crippen LogP contribution in [-0.4, -0.2) is 42.6 Å². The molecule has 30 heavy (non-hydrogen) atoms. The summed E-state index contributed by atoms with van der Waals surface area (Å²) in [5, 5.41) is 3.50. The number of carbonyl (C=O) groups excluding carboxylic acids is 1. The Morgan fingerprint density at radius 1 is 1.10 bits per heavy atom. The summed E-state index contributed by atoms with van der Waals surface area (Å²) in [5.74, 6) is 0.0426. The van der Waals surface area contributed by atoms with Gasteiger partial charge in [0.15, 0.2) is 0 Å². The van der Waals surface area contributed by atoms with E-state index in [9.17, 15) is 4.79 Å². The van der Waals surface area contributed by atoms with E-state index in [2.05, 4.69) is 34.5 Å². The zero-order valence-electron chi connectivity index (χ0n) is 18.5. The van der Waals surface area contributed by atoms with Gasteiger partial charge in [-0.15, -0.1) is 0 Å². The van der Waals surface area contributed by atoms with Gasteiger partial charge in [0.1, 0.15) is 0 Å². The van der Waals surface area contributed by atoms with Crippen LogP contribution in [0.5, 0.6) is 0 Å². The van der Waals surface area contributed by atoms with Gasteiger partial charge in [-0.25, -0.2) is 0 Å². The fraction of sp³-hybridized carbons (Fsp3) is 0.500. The molecule has 2 heterocycles. The Hall–Kier alpha value is -2.17. The maximum Gasteiger partial charge on any atom is 0.252 e. The lowest BCUT2D eigenvalue weighted by Crippen LogP contribution is -2.52. The third kappa shape index (κ3) is 3.79. The van der Waals surface area contributed by atoms with Crippen LogP contribution in [0.1, 0.15) is 65.2 Å². The minimum Gasteiger partial charge on any atom is -0.385 e. The van der Waals surface area contributed by atoms with Crippen molar-refractivity contribution in [3.8, 4) is 0 Å². The number of aryl methyl sites for hydroxylation is 2. The van der Waals surface area contributed by atoms with Crippen molar-refractivity contribution < 1.29 is 9.53 Å². The molecule has 2 aliphatic rings. The van der Waals surface area contributed by atoms with Crippen molar-refractivity contribution in [3.63, 3.8) is 0 Å². The number of nitrogens with zero attached hydrogens (tertiary/aromatic N) is 1. The van der Waals surface area contributed by atoms with Crippen LogP contribution in [0.25, 0.3) is 0 Å². The van der Waals surface area contributed by atoms with Crippen LogP contribution in [0, 0.1) is 13.8 Å². The molecule has 4 heteroatoms. The van der Waals surface area contributed by atoms with Crippen molar-refractivity contribution >= 4 is 5.91 Å². The molecular formula is C26H34N2O2. The smallest absolute Gasteiger partial charge is 0.252 e. The Morgan fingerprint density at radius 2 is 1.77 bits per heavy atom. The first kappa shape index (κ1) is 21.1. The molecule has 2 saturated heterocycles. The maximum absolute atomic E-state index is 13.5. The molecule has 2 aliphatic heterocycles. The Kier molecular flexibility index (Phi) is 6.26. The molecule has 2 aromatic carbocycles. The quantitative estimate of drug-likeness (QED) is 0.640. The molecule has 160 valence electrons. The molecule has 2 fully saturated rings. The highest BCUT2D eigenvalue weighted by Gasteiger charge is 2.56. The molecule has 1 amide bonds. The zero-order chi connectivity index (χ0) is 21.1. The topological polar surface area (TPSA) is 41.6 Å². The summed E-state index contributed by atoms with van der Waals surface area (Å²) in [4.78, 5) is 16.2. The molecule has 2 aromatic rings. The van der Waals surface area contributed by atoms with Crippen molar-refractivity contribution in [2.24, 2.45) is 0 Å². The van der Waals surface area contributed by atoms with Gasteiger partial charge in [-0.05, 0) is 62.6 Å². The number of hydrogen-bond donors (Lipinski definition) is 1. The summed E-state index contributed by atoms with van der Waals surface area (Å²) in [5.41, 5.74) is 4.07. The lowest BCUT2D eigenvalue weighted by molar-refractivity contribution is 0.0740. The molecular weight excluding hydrogens is 372 g/mol. The number of hydrogen-bond acceptors (Lipinski definition) is 3. The minimum atomic E-state index is -0.0137. The number of ether oxygens (including phenoxy) is 1. The lowest BCUT2D eigenvalue weighted by atomic mass is 9.78. The second kappa shape index (κ2) is 8.91. The number of carbonyl (C=O) groups is 1. The van der Waals surface area contributed by atoms with Gasteiger partial charge < -0.3 is 10.1 Å². The van der Waals surface area contributed by atoms with Gasteiger partial charge in [0.25, 0.3) is 5.91 Å². The van der Waals surface area contributed by atoms with E-state index in [0.717, 1.165) is 49.1 Å². The van der Waals surface area contributed by atoms with Crippen molar-refractivity contribution in [1.29, 1.82) is 0 Å². The van der Waals surface area contributed by atoms with E-state index < -0.39 is 0 Å². The number of rotatable bonds is 8. The molecule has 1 atom stereocenters. The molecule has 1 N–H and O–H groups in total. The lowest BCUT2D eigenvalue weighted by Gasteiger charge is -2.42. The van der Waals surface area contributed by atoms with Crippen LogP contribution in [0.3, 0.4) is 0 Å². The predicted molar refractivity (Wildman–Crippen MR) is 121 cm³/mol. The molecule has 0 radical (unpaired) electrons. The SMILES string of the molecule is COCCCN1C2CCC1(C(NC(=O)c1c(C)cccc1C)c1ccccc1)CC2. The molecule has 0 aliphatic carbocycles. The van der Waals surface area contributed by atoms with E-state index in [1.54, 1.807) is 7.11 Å². The number of methoxy groups -OCH3 is 1. The summed E-state index contributed by atoms with van der Waals surface area (Å²) < 4.78 is 5.32. The average Bonchev–Trinajstić information content (AvgIpc) is 3.28. The summed E-state index contributed by atoms with van der Waals surface area (Å²) in [6.07, 6.45) is 5.74. The van der Waals surface area contributed by atoms with E-state index in [-0.39, 0.29) is 17.5 Å². The Morgan fingerprint density at radius 3 is 2.40 bits per heavy atom. The molecule has 1 unspecified atom stereocenters. The molecule has 0 aromatic heterocycles. The van der Waals surface area contributed by atoms with E-state index >= 15 is 0 Å². The molecule has 4 rings (SSSR count). The first-order valence-electron chi connectivity index (χ1n) is 11.2. The normalized spacial score (nSPS) is 24.2. The van der Waals surface area contributed by atoms with Gasteiger partial charge >= 0.3 is 0 Å². The third-order valence-corrected chi connectivity index (χ3v) is 7.24. The van der Waals surface area contributed by atoms with Crippen LogP contribution in [-0.2, 0) is 4.74 Å². The standard InChI is InChI=1S/C26H34N2O2/c1-19-9-7-10-20(2)23(19)25(29)27-24(21-11-5-4-6-12-21)26-15-13-22(14-16-26)28(26)17-8-18-30-3/h4-7,9-12,22,24H,8,13-18H2,1-3H3,(H,27,29). The highest BCUT2D eigenvalue weighted by atomic mass is 16.5. The van der Waals surface area contributed by atoms with Crippen LogP contribution >= 0.6 is 0 Å². The van der Waals surface area contributed by atoms with Gasteiger partial charge in [-0.3, -0.25) is 9.69 Å². The number of nitrogens with one attached hydrogen (secondary N) is 1. The molecule has 0 saturated carbocycles. The largest absolute Gasteiger partial charge is 0.385 e. The van der Waals surface area contributed by atoms with Gasteiger partial charge in [0.05, 0.1) is 6.04 Å². The van der Waals surface area contributed by atoms with E-state index in [1.807, 2.05) is 38.1 Å². The number of benzene rings is 2. The second-order valence-electron chi connectivity index (χ2n) is 8.96. The fourth-order valence-corrected chi connectivity index (χ4v) is 5.85. The van der Waals surface area contributed by atoms with E-state index in [0.29, 0.717) is 6.04 Å². The van der Waals surface area contributed by atoms with Crippen molar-refractivity contribution in [2.75, 3.05) is 20.3 Å². The Bertz CT molecular complexity index is 852. The summed E-state index contributed by atoms with van der Waals surface area (Å²) in [7, 11) is 1.77. The highest BCUT2D eigenvalue weighted by Crippen LogP contribution is 2.52. The van der Waals surface area contributed by atoms with Gasteiger partial charge in [0.2, 0.25) is 0 Å². The van der Waals surface area contributed by atoms with Crippen molar-refractivity contribution in [2.45, 2.75) is 63.6 Å². The van der Waals surface area contributed by atoms with Gasteiger partial charge in [-0.2, -0.15) is 0 Å². The van der Waals surface area contributed by atoms with E-state index in [4.69, 9.17) is 4.74 Å². The van der Waals surface area contributed by atoms with E-state index in [1.165, 1.54) is 18.4 Å². The third-order valence-electron chi connectivity index (χ3n) is 7.24. The van der Waals surface area contributed by atoms with Crippen LogP contribution in [0.15, 0.2) is 48.5 Å². The predicted octanol–water partition coefficient (Wildman–Crippen LogP) is 4.81. The minimum absolute atomic E-state index is 0.00793. The van der Waals surface area contributed by atoms with Crippen LogP contribution < -0.4 is 5.32 Å². The summed E-state index contributed by atoms with van der Waals surface area (Å²) in [6.45, 7) is 5.86. The maximum atomic E-state index is 13.5. The second-order valence-corrected chi connectivity index (χ2v) is 8.96. The van der Waals surface area contributed by atoms with Crippen molar-refractivity contribution in [3.05, 3.63) is 70.8 Å². The van der Waals surface area contributed by atoms with Crippen molar-refractivity contribution in [1.82, 2.24) is 10.2 Å². The molecule has 2 bridgehead atoms. The highest BCUT2D eigenvalue weighted by molar-refractivity contribution is 5.97. The molecule has 4 nitrogen and oxygen atoms in total. The zero-order valence-corrected chi connectivity index (χ0v) is 18.5. The summed E-state index contributed by atoms with van der Waals surface area (Å²) >= 11 is 0. The summed E-state index contributed by atoms with van der Waals surface area (Å²) in [6, 6.07) is 17.2. The first-order valence-corrected chi connectivity index (χ1v) is 11.2. The number of amides is 1. The van der Waals surface area contributed by atoms with Gasteiger partial charge in [0, 0.05) is 37.4 Å². The fourth-order valence-electron chi connectivity index (χ4n) is 5.85. The Balaban J connectivity index is 1.68.